The molecule has 0 aliphatic carbocycles. The number of nitrogen functional groups attached to an aromatic ring is 1. The summed E-state index contributed by atoms with van der Waals surface area (Å²) in [7, 11) is 3.98. The second-order valence-electron chi connectivity index (χ2n) is 21.0. The van der Waals surface area contributed by atoms with Gasteiger partial charge in [0, 0.05) is 103 Å². The fourth-order valence-electron chi connectivity index (χ4n) is 10.8. The van der Waals surface area contributed by atoms with E-state index in [9.17, 15) is 53.3 Å². The number of hydrogen-bond acceptors (Lipinski definition) is 20. The Balaban J connectivity index is 0.742. The number of carbonyl (C=O) groups excluding carboxylic acids is 5. The topological polar surface area (TPSA) is 314 Å². The lowest BCUT2D eigenvalue weighted by Crippen LogP contribution is -2.64. The van der Waals surface area contributed by atoms with E-state index < -0.39 is 98.0 Å². The lowest BCUT2D eigenvalue weighted by Gasteiger charge is -2.41. The predicted octanol–water partition coefficient (Wildman–Crippen LogP) is 4.26. The predicted molar refractivity (Wildman–Crippen MR) is 301 cm³/mol. The molecule has 3 aromatic heterocycles. The van der Waals surface area contributed by atoms with Crippen molar-refractivity contribution in [2.45, 2.75) is 107 Å². The summed E-state index contributed by atoms with van der Waals surface area (Å²) >= 11 is 0. The van der Waals surface area contributed by atoms with Gasteiger partial charge in [0.05, 0.1) is 55.4 Å². The number of carbonyl (C=O) groups is 5. The molecule has 83 heavy (non-hydrogen) atoms. The lowest BCUT2D eigenvalue weighted by atomic mass is 9.90. The van der Waals surface area contributed by atoms with E-state index in [0.29, 0.717) is 17.3 Å². The summed E-state index contributed by atoms with van der Waals surface area (Å²) in [6, 6.07) is 16.9. The number of rotatable bonds is 22. The summed E-state index contributed by atoms with van der Waals surface area (Å²) in [5, 5.41) is 49.9. The van der Waals surface area contributed by atoms with Crippen molar-refractivity contribution in [2.24, 2.45) is 11.8 Å². The Bertz CT molecular complexity index is 3230. The number of hydrogen-bond donors (Lipinski definition) is 7. The maximum atomic E-state index is 14.1. The smallest absolute Gasteiger partial charge is 0.480 e. The van der Waals surface area contributed by atoms with Crippen LogP contribution in [0.5, 0.6) is 5.88 Å². The molecule has 0 saturated carbocycles. The quantitative estimate of drug-likeness (QED) is 0.0289. The molecule has 4 amide bonds. The van der Waals surface area contributed by atoms with Gasteiger partial charge in [-0.3, -0.25) is 34.0 Å². The molecule has 9 atom stereocenters. The Labute approximate surface area is 484 Å². The minimum Gasteiger partial charge on any atom is -0.480 e. The first kappa shape index (κ1) is 60.3. The molecule has 0 spiro atoms. The zero-order chi connectivity index (χ0) is 59.0. The molecule has 5 aromatic rings. The van der Waals surface area contributed by atoms with Gasteiger partial charge < -0.3 is 60.9 Å². The van der Waals surface area contributed by atoms with Gasteiger partial charge in [-0.05, 0) is 71.0 Å². The van der Waals surface area contributed by atoms with Crippen molar-refractivity contribution in [1.29, 1.82) is 5.26 Å². The first-order valence-electron chi connectivity index (χ1n) is 27.0. The fraction of sp³-hybridized carbons (Fsp3) is 0.456. The van der Waals surface area contributed by atoms with Crippen molar-refractivity contribution >= 4 is 68.0 Å². The van der Waals surface area contributed by atoms with Gasteiger partial charge in [0.2, 0.25) is 29.5 Å². The van der Waals surface area contributed by atoms with Crippen LogP contribution in [0.3, 0.4) is 0 Å². The number of nitrogens with one attached hydrogen (secondary N) is 3. The van der Waals surface area contributed by atoms with Crippen LogP contribution < -0.4 is 26.4 Å². The second-order valence-corrected chi connectivity index (χ2v) is 23.6. The number of halogens is 2. The highest BCUT2D eigenvalue weighted by Gasteiger charge is 2.47. The molecule has 2 aromatic carbocycles. The fourth-order valence-corrected chi connectivity index (χ4v) is 12.8. The molecule has 22 nitrogen and oxygen atoms in total. The molecule has 0 bridgehead atoms. The number of aliphatic hydroxyl groups is 3. The summed E-state index contributed by atoms with van der Waals surface area (Å²) in [5.41, 5.74) is 13.7. The number of nitriles is 1. The number of pyridine rings is 3. The first-order chi connectivity index (χ1) is 39.9. The van der Waals surface area contributed by atoms with Crippen LogP contribution in [-0.2, 0) is 59.5 Å². The molecule has 8 N–H and O–H groups in total. The maximum absolute atomic E-state index is 14.1. The Morgan fingerprint density at radius 1 is 1.02 bits per heavy atom. The zero-order valence-electron chi connectivity index (χ0n) is 45.5. The van der Waals surface area contributed by atoms with E-state index in [2.05, 4.69) is 30.9 Å². The Morgan fingerprint density at radius 3 is 2.59 bits per heavy atom. The first-order valence-corrected chi connectivity index (χ1v) is 29.5. The van der Waals surface area contributed by atoms with Crippen LogP contribution in [0.25, 0.3) is 33.2 Å². The average molecular weight is 1180 g/mol. The largest absolute Gasteiger partial charge is 0.508 e. The molecule has 3 saturated heterocycles. The lowest BCUT2D eigenvalue weighted by molar-refractivity contribution is -0.238. The minimum absolute atomic E-state index is 0.0257. The van der Waals surface area contributed by atoms with Crippen LogP contribution in [0.2, 0.25) is 0 Å². The van der Waals surface area contributed by atoms with Gasteiger partial charge in [-0.25, -0.2) is 18.6 Å². The van der Waals surface area contributed by atoms with E-state index >= 15 is 0 Å². The number of ether oxygens (including phenoxy) is 4. The molecule has 4 aliphatic rings. The van der Waals surface area contributed by atoms with E-state index in [-0.39, 0.29) is 81.9 Å². The number of anilines is 1. The van der Waals surface area contributed by atoms with Crippen molar-refractivity contribution in [2.75, 3.05) is 50.7 Å². The maximum Gasteiger partial charge on any atom is 0.508 e. The van der Waals surface area contributed by atoms with E-state index in [0.717, 1.165) is 49.8 Å². The summed E-state index contributed by atoms with van der Waals surface area (Å²) in [6.45, 7) is 0.733. The second kappa shape index (κ2) is 27.0. The summed E-state index contributed by atoms with van der Waals surface area (Å²) < 4.78 is 49.4. The Hall–Kier alpha value is -7.25. The third-order valence-electron chi connectivity index (χ3n) is 15.3. The van der Waals surface area contributed by atoms with Crippen molar-refractivity contribution < 1.29 is 67.0 Å². The third-order valence-corrected chi connectivity index (χ3v) is 17.6. The van der Waals surface area contributed by atoms with Gasteiger partial charge >= 0.3 is 6.16 Å². The molecule has 2 unspecified atom stereocenters. The van der Waals surface area contributed by atoms with Crippen molar-refractivity contribution in [1.82, 2.24) is 40.7 Å². The number of likely N-dealkylation sites (tertiary alicyclic amines) is 1. The molecule has 3 fully saturated rings. The Kier molecular flexibility index (Phi) is 19.6. The highest BCUT2D eigenvalue weighted by molar-refractivity contribution is 8.76. The van der Waals surface area contributed by atoms with Crippen molar-refractivity contribution in [3.05, 3.63) is 102 Å². The number of amides is 4. The van der Waals surface area contributed by atoms with Crippen LogP contribution in [-0.4, -0.2) is 163 Å². The molecular weight excluding hydrogens is 1120 g/mol. The number of aryl methyl sites for hydroxylation is 1. The van der Waals surface area contributed by atoms with Gasteiger partial charge in [-0.15, -0.1) is 0 Å². The van der Waals surface area contributed by atoms with Crippen LogP contribution in [0.15, 0.2) is 79.3 Å². The van der Waals surface area contributed by atoms with Crippen molar-refractivity contribution in [3.8, 4) is 34.2 Å². The molecule has 26 heteroatoms. The summed E-state index contributed by atoms with van der Waals surface area (Å²) in [6.07, 6.45) is 0.146. The molecule has 0 radical (unpaired) electrons. The highest BCUT2D eigenvalue weighted by atomic mass is 33.1. The van der Waals surface area contributed by atoms with E-state index in [1.165, 1.54) is 40.5 Å². The standard InChI is InChI=1S/C57H64F2N10O12S2/c1-31-51(73)50(47(27-70)81-55(31)76)67-53(75)46(66-48(71)11-8-32-4-3-5-35-24-68(26-43(32)35)49(72)19-36-16-39(65-52(36)74)25-69-30-57(58,59)20-40(69)21-60)29-83-82-15-14-79-56(77)80-28-38-9-6-34(22-63-38)41-12-13-62-45-10-7-33(17-42(41)45)37-18-44(61)54(78-2)64-23-37/h3-7,9-10,12-13,17-18,22-23,31,36,39-40,46-47,50-51,55,70,73,76H,8,11,14-16,19-20,24-30,61H2,1-2H3,(H,65,74)(H,66,71)(H,67,75)/t31-,36-,39-,40-,46?,47-,50-,51-,55?/m0/s1. The SMILES string of the molecule is COc1ncc(-c2ccc3nccc(-c4ccc(COC(=O)OCCSSCC(NC(=O)CCc5cccc6c5CN(C(=O)C[C@@H]5C[C@@H](CN7CC(F)(F)C[C@H]7C#N)NC5=O)C6)C(=O)N[C@@H]5[C@@H](O)[C@H](C)C(O)O[C@H]5CO)nc4)c3c2)cc1N. The molecule has 4 aliphatic heterocycles. The minimum atomic E-state index is -2.99. The normalized spacial score (nSPS) is 23.2. The number of aromatic nitrogens is 3. The Morgan fingerprint density at radius 2 is 1.83 bits per heavy atom. The average Bonchev–Trinajstić information content (AvgIpc) is 4.30. The molecule has 440 valence electrons. The number of fused-ring (bicyclic) bond motifs is 2. The van der Waals surface area contributed by atoms with Gasteiger partial charge in [0.25, 0.3) is 5.92 Å². The summed E-state index contributed by atoms with van der Waals surface area (Å²) in [5.74, 6) is -5.59. The number of benzene rings is 2. The number of alkyl halides is 2. The third kappa shape index (κ3) is 14.8. The number of nitrogens with two attached hydrogens (primary N) is 1. The van der Waals surface area contributed by atoms with E-state index in [4.69, 9.17) is 24.7 Å². The van der Waals surface area contributed by atoms with Gasteiger partial charge in [0.15, 0.2) is 6.29 Å². The van der Waals surface area contributed by atoms with E-state index in [1.54, 1.807) is 35.6 Å². The van der Waals surface area contributed by atoms with E-state index in [1.807, 2.05) is 54.6 Å². The van der Waals surface area contributed by atoms with Gasteiger partial charge in [-0.1, -0.05) is 58.8 Å². The number of nitrogens with zero attached hydrogens (tertiary/aromatic N) is 6. The number of methoxy groups -OCH3 is 1. The molecule has 7 heterocycles. The van der Waals surface area contributed by atoms with Crippen LogP contribution in [0.1, 0.15) is 55.0 Å². The van der Waals surface area contributed by atoms with Gasteiger partial charge in [-0.2, -0.15) is 5.26 Å². The number of aliphatic hydroxyl groups excluding tert-OH is 3. The van der Waals surface area contributed by atoms with Crippen LogP contribution in [0, 0.1) is 23.2 Å². The molecule has 9 rings (SSSR count). The van der Waals surface area contributed by atoms with Crippen LogP contribution in [0.4, 0.5) is 19.3 Å². The highest BCUT2D eigenvalue weighted by Crippen LogP contribution is 2.36. The van der Waals surface area contributed by atoms with Crippen LogP contribution >= 0.6 is 21.6 Å². The van der Waals surface area contributed by atoms with Crippen molar-refractivity contribution in [3.63, 3.8) is 0 Å². The summed E-state index contributed by atoms with van der Waals surface area (Å²) in [4.78, 5) is 83.1. The zero-order valence-corrected chi connectivity index (χ0v) is 47.1. The molecular formula is C57H64F2N10O12S2. The van der Waals surface area contributed by atoms with Gasteiger partial charge in [0.1, 0.15) is 31.4 Å². The monoisotopic (exact) mass is 1180 g/mol.